The summed E-state index contributed by atoms with van der Waals surface area (Å²) in [7, 11) is 1.60. The van der Waals surface area contributed by atoms with E-state index in [1.807, 2.05) is 0 Å². The molecule has 1 aromatic carbocycles. The standard InChI is InChI=1S/C16H23FN2O2/c1-12-5-7-19(8-6-12)10-13-3-4-14(17)15(9-13)18(2)11-16(20)21/h3-4,9,12H,5-8,10-11H2,1-2H3,(H,20,21). The number of carbonyl (C=O) groups is 1. The fraction of sp³-hybridized carbons (Fsp3) is 0.562. The van der Waals surface area contributed by atoms with Crippen LogP contribution in [0.3, 0.4) is 0 Å². The fourth-order valence-electron chi connectivity index (χ4n) is 2.72. The summed E-state index contributed by atoms with van der Waals surface area (Å²) in [5, 5.41) is 8.82. The molecule has 1 heterocycles. The average Bonchev–Trinajstić information content (AvgIpc) is 2.42. The van der Waals surface area contributed by atoms with Crippen molar-refractivity contribution in [3.63, 3.8) is 0 Å². The van der Waals surface area contributed by atoms with Gasteiger partial charge in [0.25, 0.3) is 0 Å². The van der Waals surface area contributed by atoms with Crippen LogP contribution in [-0.2, 0) is 11.3 Å². The van der Waals surface area contributed by atoms with Gasteiger partial charge in [0.2, 0.25) is 0 Å². The van der Waals surface area contributed by atoms with Crippen molar-refractivity contribution < 1.29 is 14.3 Å². The summed E-state index contributed by atoms with van der Waals surface area (Å²) in [6.45, 7) is 4.99. The number of aliphatic carboxylic acids is 1. The van der Waals surface area contributed by atoms with E-state index in [0.29, 0.717) is 5.69 Å². The third kappa shape index (κ3) is 4.43. The molecule has 0 amide bonds. The van der Waals surface area contributed by atoms with Crippen molar-refractivity contribution in [1.29, 1.82) is 0 Å². The van der Waals surface area contributed by atoms with Gasteiger partial charge in [-0.3, -0.25) is 9.69 Å². The van der Waals surface area contributed by atoms with Gasteiger partial charge >= 0.3 is 5.97 Å². The molecule has 1 aromatic rings. The lowest BCUT2D eigenvalue weighted by atomic mass is 9.99. The molecular formula is C16H23FN2O2. The van der Waals surface area contributed by atoms with Crippen molar-refractivity contribution in [3.8, 4) is 0 Å². The quantitative estimate of drug-likeness (QED) is 0.906. The lowest BCUT2D eigenvalue weighted by Crippen LogP contribution is -2.32. The molecule has 1 fully saturated rings. The topological polar surface area (TPSA) is 43.8 Å². The monoisotopic (exact) mass is 294 g/mol. The van der Waals surface area contributed by atoms with Gasteiger partial charge in [-0.15, -0.1) is 0 Å². The summed E-state index contributed by atoms with van der Waals surface area (Å²) < 4.78 is 13.9. The Labute approximate surface area is 125 Å². The molecule has 116 valence electrons. The normalized spacial score (nSPS) is 16.9. The molecule has 1 aliphatic heterocycles. The third-order valence-corrected chi connectivity index (χ3v) is 4.08. The maximum Gasteiger partial charge on any atom is 0.323 e. The summed E-state index contributed by atoms with van der Waals surface area (Å²) in [4.78, 5) is 14.6. The first kappa shape index (κ1) is 15.8. The molecule has 0 bridgehead atoms. The van der Waals surface area contributed by atoms with E-state index in [-0.39, 0.29) is 12.4 Å². The highest BCUT2D eigenvalue weighted by atomic mass is 19.1. The van der Waals surface area contributed by atoms with Crippen molar-refractivity contribution in [1.82, 2.24) is 4.90 Å². The minimum Gasteiger partial charge on any atom is -0.480 e. The number of likely N-dealkylation sites (tertiary alicyclic amines) is 1. The number of nitrogens with zero attached hydrogens (tertiary/aromatic N) is 2. The second-order valence-electron chi connectivity index (χ2n) is 5.99. The molecule has 0 unspecified atom stereocenters. The molecule has 1 saturated heterocycles. The Morgan fingerprint density at radius 2 is 2.10 bits per heavy atom. The highest BCUT2D eigenvalue weighted by molar-refractivity contribution is 5.73. The molecule has 0 aliphatic carbocycles. The van der Waals surface area contributed by atoms with E-state index in [4.69, 9.17) is 5.11 Å². The van der Waals surface area contributed by atoms with Crippen LogP contribution in [0.2, 0.25) is 0 Å². The van der Waals surface area contributed by atoms with Crippen molar-refractivity contribution >= 4 is 11.7 Å². The highest BCUT2D eigenvalue weighted by Crippen LogP contribution is 2.23. The number of benzene rings is 1. The van der Waals surface area contributed by atoms with E-state index in [0.717, 1.165) is 31.1 Å². The smallest absolute Gasteiger partial charge is 0.323 e. The van der Waals surface area contributed by atoms with Crippen LogP contribution in [0.25, 0.3) is 0 Å². The molecule has 0 saturated carbocycles. The van der Waals surface area contributed by atoms with Gasteiger partial charge in [0, 0.05) is 13.6 Å². The lowest BCUT2D eigenvalue weighted by molar-refractivity contribution is -0.135. The van der Waals surface area contributed by atoms with Gasteiger partial charge in [0.05, 0.1) is 5.69 Å². The van der Waals surface area contributed by atoms with Gasteiger partial charge < -0.3 is 10.0 Å². The fourth-order valence-corrected chi connectivity index (χ4v) is 2.72. The second-order valence-corrected chi connectivity index (χ2v) is 5.99. The second kappa shape index (κ2) is 6.89. The maximum atomic E-state index is 13.9. The van der Waals surface area contributed by atoms with Gasteiger partial charge in [0.15, 0.2) is 0 Å². The first-order valence-corrected chi connectivity index (χ1v) is 7.39. The Morgan fingerprint density at radius 3 is 2.71 bits per heavy atom. The van der Waals surface area contributed by atoms with Crippen LogP contribution in [0, 0.1) is 11.7 Å². The van der Waals surface area contributed by atoms with Crippen molar-refractivity contribution in [2.24, 2.45) is 5.92 Å². The Kier molecular flexibility index (Phi) is 5.17. The summed E-state index contributed by atoms with van der Waals surface area (Å²) in [6, 6.07) is 4.97. The van der Waals surface area contributed by atoms with Gasteiger partial charge in [-0.1, -0.05) is 13.0 Å². The predicted octanol–water partition coefficient (Wildman–Crippen LogP) is 2.58. The lowest BCUT2D eigenvalue weighted by Gasteiger charge is -2.30. The Balaban J connectivity index is 2.05. The number of rotatable bonds is 5. The number of piperidine rings is 1. The zero-order valence-electron chi connectivity index (χ0n) is 12.7. The summed E-state index contributed by atoms with van der Waals surface area (Å²) in [5.41, 5.74) is 1.37. The molecule has 1 N–H and O–H groups in total. The van der Waals surface area contributed by atoms with E-state index in [1.54, 1.807) is 19.2 Å². The first-order valence-electron chi connectivity index (χ1n) is 7.39. The van der Waals surface area contributed by atoms with Crippen LogP contribution in [0.15, 0.2) is 18.2 Å². The summed E-state index contributed by atoms with van der Waals surface area (Å²) in [5.74, 6) is -0.561. The number of carboxylic acid groups (broad SMARTS) is 1. The Hall–Kier alpha value is -1.62. The van der Waals surface area contributed by atoms with Crippen LogP contribution in [0.4, 0.5) is 10.1 Å². The molecule has 0 spiro atoms. The number of halogens is 1. The van der Waals surface area contributed by atoms with Crippen LogP contribution >= 0.6 is 0 Å². The minimum atomic E-state index is -0.965. The van der Waals surface area contributed by atoms with E-state index < -0.39 is 5.97 Å². The molecule has 4 nitrogen and oxygen atoms in total. The number of carboxylic acids is 1. The molecule has 21 heavy (non-hydrogen) atoms. The number of hydrogen-bond donors (Lipinski definition) is 1. The zero-order chi connectivity index (χ0) is 15.4. The molecule has 2 rings (SSSR count). The van der Waals surface area contributed by atoms with Crippen molar-refractivity contribution in [2.75, 3.05) is 31.6 Å². The molecule has 0 aromatic heterocycles. The number of hydrogen-bond acceptors (Lipinski definition) is 3. The van der Waals surface area contributed by atoms with E-state index in [1.165, 1.54) is 23.8 Å². The van der Waals surface area contributed by atoms with Gasteiger partial charge in [0.1, 0.15) is 12.4 Å². The molecule has 1 aliphatic rings. The van der Waals surface area contributed by atoms with Crippen molar-refractivity contribution in [2.45, 2.75) is 26.3 Å². The van der Waals surface area contributed by atoms with Gasteiger partial charge in [-0.05, 0) is 49.5 Å². The zero-order valence-corrected chi connectivity index (χ0v) is 12.7. The first-order chi connectivity index (χ1) is 9.95. The van der Waals surface area contributed by atoms with Crippen LogP contribution in [0.5, 0.6) is 0 Å². The van der Waals surface area contributed by atoms with Crippen LogP contribution in [0.1, 0.15) is 25.3 Å². The molecule has 0 atom stereocenters. The summed E-state index contributed by atoms with van der Waals surface area (Å²) >= 11 is 0. The van der Waals surface area contributed by atoms with Crippen molar-refractivity contribution in [3.05, 3.63) is 29.6 Å². The molecule has 0 radical (unpaired) electrons. The predicted molar refractivity (Wildman–Crippen MR) is 81.0 cm³/mol. The Bertz CT molecular complexity index is 499. The van der Waals surface area contributed by atoms with E-state index in [9.17, 15) is 9.18 Å². The van der Waals surface area contributed by atoms with Gasteiger partial charge in [-0.25, -0.2) is 4.39 Å². The van der Waals surface area contributed by atoms with Crippen LogP contribution < -0.4 is 4.90 Å². The van der Waals surface area contributed by atoms with E-state index >= 15 is 0 Å². The van der Waals surface area contributed by atoms with Crippen LogP contribution in [-0.4, -0.2) is 42.7 Å². The third-order valence-electron chi connectivity index (χ3n) is 4.08. The number of anilines is 1. The highest BCUT2D eigenvalue weighted by Gasteiger charge is 2.17. The SMILES string of the molecule is CC1CCN(Cc2ccc(F)c(N(C)CC(=O)O)c2)CC1. The maximum absolute atomic E-state index is 13.9. The van der Waals surface area contributed by atoms with E-state index in [2.05, 4.69) is 11.8 Å². The summed E-state index contributed by atoms with van der Waals surface area (Å²) in [6.07, 6.45) is 2.40. The Morgan fingerprint density at radius 1 is 1.43 bits per heavy atom. The average molecular weight is 294 g/mol. The largest absolute Gasteiger partial charge is 0.480 e. The van der Waals surface area contributed by atoms with Gasteiger partial charge in [-0.2, -0.15) is 0 Å². The number of likely N-dealkylation sites (N-methyl/N-ethyl adjacent to an activating group) is 1. The minimum absolute atomic E-state index is 0.207. The molecule has 5 heteroatoms. The molecular weight excluding hydrogens is 271 g/mol.